The first-order valence-corrected chi connectivity index (χ1v) is 8.57. The van der Waals surface area contributed by atoms with Crippen LogP contribution in [0.1, 0.15) is 26.3 Å². The van der Waals surface area contributed by atoms with E-state index in [2.05, 4.69) is 4.18 Å². The van der Waals surface area contributed by atoms with Crippen molar-refractivity contribution in [2.75, 3.05) is 0 Å². The van der Waals surface area contributed by atoms with Crippen LogP contribution in [0.2, 0.25) is 0 Å². The number of amides is 2. The molecule has 2 aromatic rings. The molecular weight excluding hydrogens is 389 g/mol. The molecule has 0 spiro atoms. The van der Waals surface area contributed by atoms with Crippen LogP contribution in [0.25, 0.3) is 0 Å². The fourth-order valence-electron chi connectivity index (χ4n) is 2.48. The number of benzene rings is 2. The molecule has 11 heteroatoms. The van der Waals surface area contributed by atoms with Crippen molar-refractivity contribution >= 4 is 27.6 Å². The largest absolute Gasteiger partial charge is 0.534 e. The van der Waals surface area contributed by atoms with Crippen LogP contribution >= 0.6 is 0 Å². The number of fused-ring (bicyclic) bond motifs is 1. The molecule has 2 aromatic carbocycles. The summed E-state index contributed by atoms with van der Waals surface area (Å²) in [7, 11) is -5.91. The summed E-state index contributed by atoms with van der Waals surface area (Å²) in [5.41, 5.74) is -5.45. The maximum absolute atomic E-state index is 12.5. The van der Waals surface area contributed by atoms with Gasteiger partial charge in [0, 0.05) is 12.1 Å². The first-order valence-electron chi connectivity index (χ1n) is 7.17. The summed E-state index contributed by atoms with van der Waals surface area (Å²) < 4.78 is 63.4. The lowest BCUT2D eigenvalue weighted by Gasteiger charge is -2.09. The molecule has 7 nitrogen and oxygen atoms in total. The molecule has 0 saturated carbocycles. The van der Waals surface area contributed by atoms with Gasteiger partial charge in [-0.05, 0) is 30.3 Å². The normalized spacial score (nSPS) is 16.7. The van der Waals surface area contributed by atoms with Gasteiger partial charge in [-0.2, -0.15) is 31.8 Å². The van der Waals surface area contributed by atoms with Crippen molar-refractivity contribution in [2.24, 2.45) is 0 Å². The highest BCUT2D eigenvalue weighted by molar-refractivity contribution is 7.88. The number of alkyl halides is 3. The second-order valence-electron chi connectivity index (χ2n) is 5.41. The van der Waals surface area contributed by atoms with E-state index in [4.69, 9.17) is 5.26 Å². The van der Waals surface area contributed by atoms with Crippen molar-refractivity contribution < 1.29 is 40.3 Å². The van der Waals surface area contributed by atoms with Gasteiger partial charge in [-0.1, -0.05) is 0 Å². The predicted molar refractivity (Wildman–Crippen MR) is 82.5 cm³/mol. The molecule has 1 unspecified atom stereocenters. The van der Waals surface area contributed by atoms with Gasteiger partial charge in [0.05, 0.1) is 17.2 Å². The van der Waals surface area contributed by atoms with Crippen molar-refractivity contribution in [1.29, 1.82) is 5.26 Å². The molecule has 2 amide bonds. The fourth-order valence-corrected chi connectivity index (χ4v) is 2.93. The Balaban J connectivity index is 1.96. The van der Waals surface area contributed by atoms with Gasteiger partial charge in [-0.3, -0.25) is 0 Å². The van der Waals surface area contributed by atoms with Crippen molar-refractivity contribution in [3.63, 3.8) is 0 Å². The second kappa shape index (κ2) is 6.19. The minimum Gasteiger partial charge on any atom is -0.376 e. The number of hydrogen-bond acceptors (Lipinski definition) is 6. The Morgan fingerprint density at radius 2 is 1.56 bits per heavy atom. The van der Waals surface area contributed by atoms with Gasteiger partial charge in [0.25, 0.3) is 0 Å². The second-order valence-corrected chi connectivity index (χ2v) is 6.95. The summed E-state index contributed by atoms with van der Waals surface area (Å²) in [6.07, 6.45) is 0. The van der Waals surface area contributed by atoms with Gasteiger partial charge < -0.3 is 4.18 Å². The van der Waals surface area contributed by atoms with E-state index in [1.165, 1.54) is 24.3 Å². The number of hydrogen-bond donors (Lipinski definition) is 1. The van der Waals surface area contributed by atoms with Crippen LogP contribution in [0, 0.1) is 11.3 Å². The lowest BCUT2D eigenvalue weighted by Crippen LogP contribution is -3.10. The zero-order valence-corrected chi connectivity index (χ0v) is 13.9. The highest BCUT2D eigenvalue weighted by Gasteiger charge is 2.49. The van der Waals surface area contributed by atoms with Gasteiger partial charge >= 0.3 is 27.4 Å². The number of quaternary nitrogens is 1. The van der Waals surface area contributed by atoms with Crippen molar-refractivity contribution in [2.45, 2.75) is 5.51 Å². The third-order valence-electron chi connectivity index (χ3n) is 3.73. The molecule has 27 heavy (non-hydrogen) atoms. The average Bonchev–Trinajstić information content (AvgIpc) is 2.84. The van der Waals surface area contributed by atoms with E-state index in [-0.39, 0.29) is 21.7 Å². The average molecular weight is 397 g/mol. The van der Waals surface area contributed by atoms with Gasteiger partial charge in [-0.15, -0.1) is 0 Å². The van der Waals surface area contributed by atoms with E-state index in [0.29, 0.717) is 5.56 Å². The Morgan fingerprint density at radius 1 is 0.963 bits per heavy atom. The highest BCUT2D eigenvalue weighted by atomic mass is 32.2. The molecule has 0 radical (unpaired) electrons. The lowest BCUT2D eigenvalue weighted by molar-refractivity contribution is -0.640. The smallest absolute Gasteiger partial charge is 0.376 e. The number of carbonyl (C=O) groups excluding carboxylic acids is 2. The predicted octanol–water partition coefficient (Wildman–Crippen LogP) is 1.30. The Kier molecular flexibility index (Phi) is 4.25. The van der Waals surface area contributed by atoms with E-state index >= 15 is 0 Å². The summed E-state index contributed by atoms with van der Waals surface area (Å²) >= 11 is 0. The van der Waals surface area contributed by atoms with Gasteiger partial charge in [0.1, 0.15) is 17.0 Å². The first-order chi connectivity index (χ1) is 12.5. The number of nitrogens with one attached hydrogen (secondary N) is 1. The van der Waals surface area contributed by atoms with Crippen LogP contribution in [0.15, 0.2) is 42.5 Å². The van der Waals surface area contributed by atoms with E-state index in [1.54, 1.807) is 0 Å². The van der Waals surface area contributed by atoms with Crippen LogP contribution in [-0.2, 0) is 10.1 Å². The lowest BCUT2D eigenvalue weighted by atomic mass is 10.1. The summed E-state index contributed by atoms with van der Waals surface area (Å²) in [5.74, 6) is -2.19. The molecular formula is C16H8F3N2O5S+. The van der Waals surface area contributed by atoms with Gasteiger partial charge in [0.2, 0.25) is 0 Å². The van der Waals surface area contributed by atoms with Crippen LogP contribution in [0.4, 0.5) is 18.9 Å². The molecule has 0 saturated heterocycles. The molecule has 0 bridgehead atoms. The Morgan fingerprint density at radius 3 is 2.11 bits per heavy atom. The molecule has 138 valence electrons. The molecule has 1 aliphatic heterocycles. The van der Waals surface area contributed by atoms with Crippen LogP contribution in [0.5, 0.6) is 5.75 Å². The summed E-state index contributed by atoms with van der Waals surface area (Å²) in [4.78, 5) is 24.8. The first kappa shape index (κ1) is 18.6. The molecule has 1 atom stereocenters. The minimum absolute atomic E-state index is 0.0869. The minimum atomic E-state index is -5.91. The van der Waals surface area contributed by atoms with Gasteiger partial charge in [0.15, 0.2) is 0 Å². The van der Waals surface area contributed by atoms with Crippen molar-refractivity contribution in [3.8, 4) is 11.8 Å². The quantitative estimate of drug-likeness (QED) is 0.476. The topological polar surface area (TPSA) is 106 Å². The fraction of sp³-hybridized carbons (Fsp3) is 0.0625. The monoisotopic (exact) mass is 397 g/mol. The Hall–Kier alpha value is -3.23. The van der Waals surface area contributed by atoms with E-state index in [9.17, 15) is 31.2 Å². The summed E-state index contributed by atoms with van der Waals surface area (Å²) in [6, 6.07) is 10.1. The van der Waals surface area contributed by atoms with Crippen LogP contribution in [0.3, 0.4) is 0 Å². The zero-order valence-electron chi connectivity index (χ0n) is 13.1. The van der Waals surface area contributed by atoms with Crippen LogP contribution < -0.4 is 9.08 Å². The summed E-state index contributed by atoms with van der Waals surface area (Å²) in [6.45, 7) is 0. The van der Waals surface area contributed by atoms with Crippen LogP contribution in [-0.4, -0.2) is 25.7 Å². The van der Waals surface area contributed by atoms with E-state index in [0.717, 1.165) is 18.2 Å². The van der Waals surface area contributed by atoms with Crippen molar-refractivity contribution in [3.05, 3.63) is 59.2 Å². The molecule has 1 heterocycles. The zero-order chi connectivity index (χ0) is 20.0. The molecule has 1 N–H and O–H groups in total. The number of halogens is 3. The highest BCUT2D eigenvalue weighted by Crippen LogP contribution is 2.29. The molecule has 0 aliphatic carbocycles. The molecule has 3 rings (SSSR count). The third kappa shape index (κ3) is 3.16. The van der Waals surface area contributed by atoms with E-state index < -0.39 is 33.2 Å². The number of nitrogens with zero attached hydrogens (tertiary/aromatic N) is 1. The van der Waals surface area contributed by atoms with E-state index in [1.807, 2.05) is 6.07 Å². The SMILES string of the molecule is N#Cc1ccc([NH+]2C(=O)c3ccc(OS(=O)(=O)C(F)(F)F)cc3C2=O)cc1. The molecule has 1 aliphatic rings. The Labute approximate surface area is 150 Å². The molecule has 0 aromatic heterocycles. The maximum Gasteiger partial charge on any atom is 0.534 e. The number of carbonyl (C=O) groups is 2. The maximum atomic E-state index is 12.5. The van der Waals surface area contributed by atoms with Gasteiger partial charge in [-0.25, -0.2) is 9.59 Å². The number of rotatable bonds is 3. The summed E-state index contributed by atoms with van der Waals surface area (Å²) in [5, 5.41) is 8.79. The van der Waals surface area contributed by atoms with Crippen molar-refractivity contribution in [1.82, 2.24) is 0 Å². The standard InChI is InChI=1S/C16H7F3N2O5S/c17-16(18,19)27(24,25)26-11-5-6-12-13(7-11)15(23)21(14(12)22)10-3-1-9(8-20)2-4-10/h1-7H/p+1. The molecule has 0 fully saturated rings. The Bertz CT molecular complexity index is 1100. The third-order valence-corrected chi connectivity index (χ3v) is 4.71. The number of nitriles is 1. The number of imide groups is 1.